The number of rotatable bonds is 3. The van der Waals surface area contributed by atoms with Gasteiger partial charge in [0.1, 0.15) is 5.56 Å². The first kappa shape index (κ1) is 11.9. The third-order valence-corrected chi connectivity index (χ3v) is 3.12. The molecule has 0 spiro atoms. The molecular formula is C12H16N2O3. The van der Waals surface area contributed by atoms with Crippen molar-refractivity contribution >= 4 is 11.7 Å². The molecule has 3 N–H and O–H groups in total. The first-order chi connectivity index (χ1) is 8.18. The number of aliphatic hydroxyl groups is 1. The van der Waals surface area contributed by atoms with Gasteiger partial charge in [-0.2, -0.15) is 0 Å². The Morgan fingerprint density at radius 2 is 2.18 bits per heavy atom. The zero-order chi connectivity index (χ0) is 12.3. The van der Waals surface area contributed by atoms with Gasteiger partial charge in [-0.15, -0.1) is 0 Å². The van der Waals surface area contributed by atoms with Gasteiger partial charge in [0.05, 0.1) is 17.8 Å². The number of aromatic nitrogens is 1. The number of anilines is 1. The Hall–Kier alpha value is -1.62. The standard InChI is InChI=1S/C12H16N2O3/c15-11-4-2-1-3-10(11)14-9-5-6-13-7-8(9)12(16)17/h5-7,10-11,15H,1-4H2,(H,13,14)(H,16,17). The molecule has 5 heteroatoms. The summed E-state index contributed by atoms with van der Waals surface area (Å²) in [5.74, 6) is -1.01. The van der Waals surface area contributed by atoms with Crippen LogP contribution in [0.15, 0.2) is 18.5 Å². The van der Waals surface area contributed by atoms with Gasteiger partial charge in [-0.05, 0) is 18.9 Å². The largest absolute Gasteiger partial charge is 0.478 e. The predicted octanol–water partition coefficient (Wildman–Crippen LogP) is 1.50. The second-order valence-electron chi connectivity index (χ2n) is 4.33. The van der Waals surface area contributed by atoms with Gasteiger partial charge >= 0.3 is 5.97 Å². The maximum Gasteiger partial charge on any atom is 0.339 e. The van der Waals surface area contributed by atoms with E-state index in [9.17, 15) is 9.90 Å². The lowest BCUT2D eigenvalue weighted by atomic mass is 9.92. The minimum absolute atomic E-state index is 0.0655. The smallest absolute Gasteiger partial charge is 0.339 e. The monoisotopic (exact) mass is 236 g/mol. The number of carboxylic acids is 1. The SMILES string of the molecule is O=C(O)c1cnccc1NC1CCCCC1O. The van der Waals surface area contributed by atoms with Crippen molar-refractivity contribution in [2.45, 2.75) is 37.8 Å². The highest BCUT2D eigenvalue weighted by atomic mass is 16.4. The molecule has 0 amide bonds. The lowest BCUT2D eigenvalue weighted by Gasteiger charge is -2.29. The Morgan fingerprint density at radius 1 is 1.41 bits per heavy atom. The highest BCUT2D eigenvalue weighted by Crippen LogP contribution is 2.23. The molecule has 5 nitrogen and oxygen atoms in total. The number of hydrogen-bond acceptors (Lipinski definition) is 4. The van der Waals surface area contributed by atoms with E-state index in [0.29, 0.717) is 5.69 Å². The van der Waals surface area contributed by atoms with Crippen molar-refractivity contribution in [2.75, 3.05) is 5.32 Å². The van der Waals surface area contributed by atoms with Crippen molar-refractivity contribution in [3.63, 3.8) is 0 Å². The Bertz CT molecular complexity index is 408. The first-order valence-electron chi connectivity index (χ1n) is 5.80. The van der Waals surface area contributed by atoms with Gasteiger partial charge in [0.25, 0.3) is 0 Å². The quantitative estimate of drug-likeness (QED) is 0.740. The van der Waals surface area contributed by atoms with Crippen LogP contribution in [0.1, 0.15) is 36.0 Å². The van der Waals surface area contributed by atoms with Gasteiger partial charge in [0, 0.05) is 12.4 Å². The Balaban J connectivity index is 2.14. The summed E-state index contributed by atoms with van der Waals surface area (Å²) in [5.41, 5.74) is 0.670. The number of carbonyl (C=O) groups is 1. The summed E-state index contributed by atoms with van der Waals surface area (Å²) in [5, 5.41) is 22.0. The highest BCUT2D eigenvalue weighted by Gasteiger charge is 2.24. The minimum atomic E-state index is -1.01. The summed E-state index contributed by atoms with van der Waals surface area (Å²) in [6.45, 7) is 0. The molecule has 0 saturated heterocycles. The summed E-state index contributed by atoms with van der Waals surface area (Å²) in [6, 6.07) is 1.56. The van der Waals surface area contributed by atoms with E-state index >= 15 is 0 Å². The average molecular weight is 236 g/mol. The molecule has 0 radical (unpaired) electrons. The molecule has 2 atom stereocenters. The molecule has 1 aromatic heterocycles. The maximum absolute atomic E-state index is 11.0. The van der Waals surface area contributed by atoms with Crippen molar-refractivity contribution in [1.29, 1.82) is 0 Å². The van der Waals surface area contributed by atoms with Gasteiger partial charge in [-0.25, -0.2) is 4.79 Å². The molecule has 1 aliphatic rings. The van der Waals surface area contributed by atoms with Gasteiger partial charge in [-0.1, -0.05) is 12.8 Å². The van der Waals surface area contributed by atoms with E-state index < -0.39 is 12.1 Å². The van der Waals surface area contributed by atoms with Crippen molar-refractivity contribution in [1.82, 2.24) is 4.98 Å². The minimum Gasteiger partial charge on any atom is -0.478 e. The van der Waals surface area contributed by atoms with E-state index in [-0.39, 0.29) is 11.6 Å². The van der Waals surface area contributed by atoms with Crippen LogP contribution in [0.5, 0.6) is 0 Å². The van der Waals surface area contributed by atoms with E-state index in [4.69, 9.17) is 5.11 Å². The van der Waals surface area contributed by atoms with Crippen LogP contribution in [0.25, 0.3) is 0 Å². The molecule has 0 bridgehead atoms. The molecule has 0 aliphatic heterocycles. The van der Waals surface area contributed by atoms with Gasteiger partial charge in [0.2, 0.25) is 0 Å². The van der Waals surface area contributed by atoms with Crippen LogP contribution < -0.4 is 5.32 Å². The molecule has 1 aliphatic carbocycles. The van der Waals surface area contributed by atoms with Crippen LogP contribution in [-0.4, -0.2) is 33.3 Å². The first-order valence-corrected chi connectivity index (χ1v) is 5.80. The van der Waals surface area contributed by atoms with Gasteiger partial charge in [-0.3, -0.25) is 4.98 Å². The number of aromatic carboxylic acids is 1. The fourth-order valence-corrected chi connectivity index (χ4v) is 2.17. The molecule has 17 heavy (non-hydrogen) atoms. The molecule has 0 aromatic carbocycles. The van der Waals surface area contributed by atoms with E-state index in [2.05, 4.69) is 10.3 Å². The van der Waals surface area contributed by atoms with E-state index in [1.54, 1.807) is 12.3 Å². The van der Waals surface area contributed by atoms with Gasteiger partial charge < -0.3 is 15.5 Å². The second kappa shape index (κ2) is 5.14. The van der Waals surface area contributed by atoms with Crippen molar-refractivity contribution in [3.8, 4) is 0 Å². The summed E-state index contributed by atoms with van der Waals surface area (Å²) in [4.78, 5) is 14.8. The van der Waals surface area contributed by atoms with Crippen LogP contribution >= 0.6 is 0 Å². The van der Waals surface area contributed by atoms with Crippen LogP contribution in [-0.2, 0) is 0 Å². The number of aliphatic hydroxyl groups excluding tert-OH is 1. The number of nitrogens with zero attached hydrogens (tertiary/aromatic N) is 1. The molecule has 92 valence electrons. The number of hydrogen-bond donors (Lipinski definition) is 3. The molecule has 2 rings (SSSR count). The zero-order valence-corrected chi connectivity index (χ0v) is 9.47. The third kappa shape index (κ3) is 2.74. The molecule has 1 saturated carbocycles. The van der Waals surface area contributed by atoms with E-state index in [1.807, 2.05) is 0 Å². The third-order valence-electron chi connectivity index (χ3n) is 3.12. The number of carboxylic acid groups (broad SMARTS) is 1. The summed E-state index contributed by atoms with van der Waals surface area (Å²) in [7, 11) is 0. The Kier molecular flexibility index (Phi) is 3.58. The highest BCUT2D eigenvalue weighted by molar-refractivity contribution is 5.93. The zero-order valence-electron chi connectivity index (χ0n) is 9.47. The molecule has 1 aromatic rings. The lowest BCUT2D eigenvalue weighted by molar-refractivity contribution is 0.0696. The van der Waals surface area contributed by atoms with Crippen molar-refractivity contribution in [3.05, 3.63) is 24.0 Å². The Labute approximate surface area is 99.5 Å². The fraction of sp³-hybridized carbons (Fsp3) is 0.500. The fourth-order valence-electron chi connectivity index (χ4n) is 2.17. The summed E-state index contributed by atoms with van der Waals surface area (Å²) in [6.07, 6.45) is 6.18. The van der Waals surface area contributed by atoms with Crippen molar-refractivity contribution < 1.29 is 15.0 Å². The Morgan fingerprint density at radius 3 is 2.88 bits per heavy atom. The average Bonchev–Trinajstić information content (AvgIpc) is 2.32. The van der Waals surface area contributed by atoms with E-state index in [1.165, 1.54) is 6.20 Å². The van der Waals surface area contributed by atoms with Crippen LogP contribution in [0.3, 0.4) is 0 Å². The predicted molar refractivity (Wildman–Crippen MR) is 63.1 cm³/mol. The normalized spacial score (nSPS) is 24.3. The molecule has 2 unspecified atom stereocenters. The molecule has 1 heterocycles. The van der Waals surface area contributed by atoms with Crippen LogP contribution in [0.2, 0.25) is 0 Å². The lowest BCUT2D eigenvalue weighted by Crippen LogP contribution is -2.36. The molecule has 1 fully saturated rings. The van der Waals surface area contributed by atoms with Gasteiger partial charge in [0.15, 0.2) is 0 Å². The summed E-state index contributed by atoms with van der Waals surface area (Å²) < 4.78 is 0. The van der Waals surface area contributed by atoms with E-state index in [0.717, 1.165) is 25.7 Å². The second-order valence-corrected chi connectivity index (χ2v) is 4.33. The van der Waals surface area contributed by atoms with Crippen LogP contribution in [0.4, 0.5) is 5.69 Å². The van der Waals surface area contributed by atoms with Crippen LogP contribution in [0, 0.1) is 0 Å². The topological polar surface area (TPSA) is 82.5 Å². The number of nitrogens with one attached hydrogen (secondary N) is 1. The molecular weight excluding hydrogens is 220 g/mol. The number of pyridine rings is 1. The maximum atomic E-state index is 11.0. The summed E-state index contributed by atoms with van der Waals surface area (Å²) >= 11 is 0. The van der Waals surface area contributed by atoms with Crippen molar-refractivity contribution in [2.24, 2.45) is 0 Å².